The van der Waals surface area contributed by atoms with Gasteiger partial charge in [-0.15, -0.1) is 0 Å². The second-order valence-electron chi connectivity index (χ2n) is 7.92. The monoisotopic (exact) mass is 473 g/mol. The van der Waals surface area contributed by atoms with Crippen LogP contribution in [-0.2, 0) is 17.5 Å². The van der Waals surface area contributed by atoms with E-state index < -0.39 is 35.6 Å². The van der Waals surface area contributed by atoms with Crippen molar-refractivity contribution < 1.29 is 22.4 Å². The highest BCUT2D eigenvalue weighted by Crippen LogP contribution is 2.30. The van der Waals surface area contributed by atoms with Crippen LogP contribution in [0, 0.1) is 5.82 Å². The molecule has 11 heteroatoms. The number of fused-ring (bicyclic) bond motifs is 1. The van der Waals surface area contributed by atoms with Crippen molar-refractivity contribution in [1.82, 2.24) is 19.6 Å². The number of hydrogen-bond donors (Lipinski definition) is 1. The molecule has 0 atom stereocenters. The number of halogens is 4. The minimum Gasteiger partial charge on any atom is -0.324 e. The maximum Gasteiger partial charge on any atom is 0.416 e. The summed E-state index contributed by atoms with van der Waals surface area (Å²) in [7, 11) is 0. The van der Waals surface area contributed by atoms with Crippen molar-refractivity contribution in [2.24, 2.45) is 0 Å². The van der Waals surface area contributed by atoms with Crippen molar-refractivity contribution in [2.75, 3.05) is 5.32 Å². The zero-order valence-electron chi connectivity index (χ0n) is 18.1. The van der Waals surface area contributed by atoms with E-state index in [0.717, 1.165) is 16.8 Å². The van der Waals surface area contributed by atoms with Crippen LogP contribution in [0.15, 0.2) is 59.5 Å². The molecular formula is C23H19F4N5O2. The maximum absolute atomic E-state index is 13.4. The molecule has 7 nitrogen and oxygen atoms in total. The second kappa shape index (κ2) is 8.73. The van der Waals surface area contributed by atoms with Crippen LogP contribution >= 0.6 is 0 Å². The van der Waals surface area contributed by atoms with Crippen LogP contribution in [0.3, 0.4) is 0 Å². The summed E-state index contributed by atoms with van der Waals surface area (Å²) in [4.78, 5) is 25.8. The Morgan fingerprint density at radius 1 is 1.12 bits per heavy atom. The largest absolute Gasteiger partial charge is 0.416 e. The van der Waals surface area contributed by atoms with Gasteiger partial charge in [0.2, 0.25) is 5.91 Å². The number of aromatic nitrogens is 4. The fourth-order valence-corrected chi connectivity index (χ4v) is 3.51. The SMILES string of the molecule is CC(C)c1nn(CC(=O)Nc2cccc(C(F)(F)F)c2)c(=O)c2c1cnn2-c1ccc(F)cc1. The number of alkyl halides is 3. The Bertz CT molecular complexity index is 1420. The van der Waals surface area contributed by atoms with Crippen LogP contribution in [0.4, 0.5) is 23.2 Å². The second-order valence-corrected chi connectivity index (χ2v) is 7.92. The topological polar surface area (TPSA) is 81.8 Å². The Kier molecular flexibility index (Phi) is 5.94. The van der Waals surface area contributed by atoms with Crippen molar-refractivity contribution in [1.29, 1.82) is 0 Å². The van der Waals surface area contributed by atoms with Crippen LogP contribution in [0.25, 0.3) is 16.6 Å². The Hall–Kier alpha value is -4.02. The van der Waals surface area contributed by atoms with Gasteiger partial charge in [0.1, 0.15) is 17.9 Å². The first-order valence-corrected chi connectivity index (χ1v) is 10.3. The molecule has 4 rings (SSSR count). The Morgan fingerprint density at radius 2 is 1.82 bits per heavy atom. The third-order valence-electron chi connectivity index (χ3n) is 5.10. The predicted octanol–water partition coefficient (Wildman–Crippen LogP) is 4.50. The highest BCUT2D eigenvalue weighted by Gasteiger charge is 2.30. The number of anilines is 1. The van der Waals surface area contributed by atoms with Crippen LogP contribution < -0.4 is 10.9 Å². The van der Waals surface area contributed by atoms with Gasteiger partial charge in [-0.05, 0) is 48.4 Å². The molecule has 0 fully saturated rings. The molecule has 0 aliphatic rings. The van der Waals surface area contributed by atoms with E-state index in [-0.39, 0.29) is 17.1 Å². The minimum atomic E-state index is -4.56. The van der Waals surface area contributed by atoms with Gasteiger partial charge < -0.3 is 5.32 Å². The lowest BCUT2D eigenvalue weighted by Crippen LogP contribution is -2.31. The molecule has 0 unspecified atom stereocenters. The van der Waals surface area contributed by atoms with Crippen molar-refractivity contribution in [3.8, 4) is 5.69 Å². The molecule has 0 bridgehead atoms. The van der Waals surface area contributed by atoms with Gasteiger partial charge in [-0.1, -0.05) is 19.9 Å². The summed E-state index contributed by atoms with van der Waals surface area (Å²) < 4.78 is 54.5. The Labute approximate surface area is 190 Å². The summed E-state index contributed by atoms with van der Waals surface area (Å²) >= 11 is 0. The fourth-order valence-electron chi connectivity index (χ4n) is 3.51. The molecule has 0 aliphatic carbocycles. The van der Waals surface area contributed by atoms with Crippen molar-refractivity contribution in [3.05, 3.63) is 82.2 Å². The third-order valence-corrected chi connectivity index (χ3v) is 5.10. The summed E-state index contributed by atoms with van der Waals surface area (Å²) in [6.07, 6.45) is -3.08. The average Bonchev–Trinajstić information content (AvgIpc) is 3.21. The minimum absolute atomic E-state index is 0.0608. The number of benzene rings is 2. The average molecular weight is 473 g/mol. The number of carbonyl (C=O) groups is 1. The molecule has 2 aromatic carbocycles. The third kappa shape index (κ3) is 4.54. The van der Waals surface area contributed by atoms with E-state index in [0.29, 0.717) is 16.8 Å². The van der Waals surface area contributed by atoms with Gasteiger partial charge in [-0.25, -0.2) is 13.8 Å². The number of nitrogens with zero attached hydrogens (tertiary/aromatic N) is 4. The van der Waals surface area contributed by atoms with Crippen LogP contribution in [0.1, 0.15) is 31.0 Å². The van der Waals surface area contributed by atoms with Gasteiger partial charge in [0, 0.05) is 11.1 Å². The molecule has 176 valence electrons. The van der Waals surface area contributed by atoms with Gasteiger partial charge >= 0.3 is 6.18 Å². The van der Waals surface area contributed by atoms with Crippen LogP contribution in [-0.4, -0.2) is 25.5 Å². The number of nitrogens with one attached hydrogen (secondary N) is 1. The first-order chi connectivity index (χ1) is 16.0. The lowest BCUT2D eigenvalue weighted by atomic mass is 10.1. The first kappa shape index (κ1) is 23.1. The standard InChI is InChI=1S/C23H19F4N5O2/c1-13(2)20-18-11-28-32(17-8-6-15(24)7-9-17)21(18)22(34)31(30-20)12-19(33)29-16-5-3-4-14(10-16)23(25,26)27/h3-11,13H,12H2,1-2H3,(H,29,33). The van der Waals surface area contributed by atoms with E-state index in [9.17, 15) is 27.2 Å². The van der Waals surface area contributed by atoms with Crippen molar-refractivity contribution >= 4 is 22.5 Å². The molecule has 0 saturated carbocycles. The normalized spacial score (nSPS) is 11.9. The highest BCUT2D eigenvalue weighted by atomic mass is 19.4. The molecule has 1 N–H and O–H groups in total. The van der Waals surface area contributed by atoms with E-state index in [1.165, 1.54) is 47.3 Å². The summed E-state index contributed by atoms with van der Waals surface area (Å²) in [5.74, 6) is -1.31. The molecular weight excluding hydrogens is 454 g/mol. The molecule has 0 saturated heterocycles. The van der Waals surface area contributed by atoms with Crippen LogP contribution in [0.5, 0.6) is 0 Å². The quantitative estimate of drug-likeness (QED) is 0.433. The van der Waals surface area contributed by atoms with Gasteiger partial charge in [0.15, 0.2) is 0 Å². The lowest BCUT2D eigenvalue weighted by Gasteiger charge is -2.13. The van der Waals surface area contributed by atoms with Gasteiger partial charge in [0.05, 0.1) is 23.1 Å². The van der Waals surface area contributed by atoms with Crippen molar-refractivity contribution in [3.63, 3.8) is 0 Å². The maximum atomic E-state index is 13.4. The zero-order chi connectivity index (χ0) is 24.6. The van der Waals surface area contributed by atoms with E-state index in [1.807, 2.05) is 13.8 Å². The molecule has 0 aliphatic heterocycles. The molecule has 34 heavy (non-hydrogen) atoms. The summed E-state index contributed by atoms with van der Waals surface area (Å²) in [6.45, 7) is 3.18. The fraction of sp³-hybridized carbons (Fsp3) is 0.217. The van der Waals surface area contributed by atoms with E-state index in [4.69, 9.17) is 0 Å². The first-order valence-electron chi connectivity index (χ1n) is 10.3. The highest BCUT2D eigenvalue weighted by molar-refractivity contribution is 5.91. The predicted molar refractivity (Wildman–Crippen MR) is 117 cm³/mol. The van der Waals surface area contributed by atoms with Crippen molar-refractivity contribution in [2.45, 2.75) is 32.5 Å². The van der Waals surface area contributed by atoms with Gasteiger partial charge in [-0.2, -0.15) is 23.4 Å². The number of amides is 1. The summed E-state index contributed by atoms with van der Waals surface area (Å²) in [5, 5.41) is 11.4. The number of hydrogen-bond acceptors (Lipinski definition) is 4. The molecule has 0 spiro atoms. The zero-order valence-corrected chi connectivity index (χ0v) is 18.1. The van der Waals surface area contributed by atoms with E-state index in [1.54, 1.807) is 0 Å². The molecule has 2 heterocycles. The smallest absolute Gasteiger partial charge is 0.324 e. The van der Waals surface area contributed by atoms with Gasteiger partial charge in [-0.3, -0.25) is 9.59 Å². The van der Waals surface area contributed by atoms with Gasteiger partial charge in [0.25, 0.3) is 5.56 Å². The van der Waals surface area contributed by atoms with Crippen LogP contribution in [0.2, 0.25) is 0 Å². The number of rotatable bonds is 5. The summed E-state index contributed by atoms with van der Waals surface area (Å²) in [6, 6.07) is 9.57. The summed E-state index contributed by atoms with van der Waals surface area (Å²) in [5.41, 5.74) is -0.497. The van der Waals surface area contributed by atoms with E-state index in [2.05, 4.69) is 15.5 Å². The molecule has 0 radical (unpaired) electrons. The lowest BCUT2D eigenvalue weighted by molar-refractivity contribution is -0.137. The van der Waals surface area contributed by atoms with E-state index >= 15 is 0 Å². The number of carbonyl (C=O) groups excluding carboxylic acids is 1. The molecule has 2 aromatic heterocycles. The molecule has 1 amide bonds. The Morgan fingerprint density at radius 3 is 2.47 bits per heavy atom. The molecule has 4 aromatic rings. The Balaban J connectivity index is 1.72.